The fourth-order valence-electron chi connectivity index (χ4n) is 2.12. The van der Waals surface area contributed by atoms with Gasteiger partial charge in [-0.05, 0) is 42.8 Å². The third-order valence-corrected chi connectivity index (χ3v) is 3.43. The number of nitrogens with one attached hydrogen (secondary N) is 2. The minimum Gasteiger partial charge on any atom is -0.339 e. The van der Waals surface area contributed by atoms with Crippen LogP contribution in [-0.4, -0.2) is 16.1 Å². The molecule has 0 saturated heterocycles. The van der Waals surface area contributed by atoms with E-state index in [1.165, 1.54) is 18.2 Å². The molecule has 1 heterocycles. The molecule has 0 unspecified atom stereocenters. The van der Waals surface area contributed by atoms with Crippen LogP contribution in [0, 0.1) is 12.7 Å². The third-order valence-electron chi connectivity index (χ3n) is 3.43. The summed E-state index contributed by atoms with van der Waals surface area (Å²) in [5, 5.41) is 13.5. The first-order chi connectivity index (χ1) is 11.6. The second kappa shape index (κ2) is 6.87. The molecule has 0 saturated carbocycles. The minimum absolute atomic E-state index is 0.103. The monoisotopic (exact) mass is 322 g/mol. The molecule has 2 aromatic carbocycles. The normalized spacial score (nSPS) is 10.2. The summed E-state index contributed by atoms with van der Waals surface area (Å²) in [5.41, 5.74) is 2.19. The number of aromatic nitrogens is 2. The van der Waals surface area contributed by atoms with Gasteiger partial charge in [-0.3, -0.25) is 4.79 Å². The molecule has 6 heteroatoms. The average Bonchev–Trinajstić information content (AvgIpc) is 2.59. The van der Waals surface area contributed by atoms with Gasteiger partial charge in [0.25, 0.3) is 5.91 Å². The van der Waals surface area contributed by atoms with Gasteiger partial charge < -0.3 is 10.6 Å². The van der Waals surface area contributed by atoms with Crippen LogP contribution in [0.15, 0.2) is 60.7 Å². The number of benzene rings is 2. The quantitative estimate of drug-likeness (QED) is 0.764. The van der Waals surface area contributed by atoms with E-state index < -0.39 is 11.7 Å². The van der Waals surface area contributed by atoms with Crippen molar-refractivity contribution in [1.82, 2.24) is 10.2 Å². The summed E-state index contributed by atoms with van der Waals surface area (Å²) in [6.07, 6.45) is 0. The number of anilines is 3. The topological polar surface area (TPSA) is 66.9 Å². The Balaban J connectivity index is 1.71. The Labute approximate surface area is 138 Å². The van der Waals surface area contributed by atoms with E-state index in [0.717, 1.165) is 11.3 Å². The lowest BCUT2D eigenvalue weighted by Crippen LogP contribution is -2.15. The Hall–Kier alpha value is -3.28. The fraction of sp³-hybridized carbons (Fsp3) is 0.0556. The van der Waals surface area contributed by atoms with Gasteiger partial charge in [-0.1, -0.05) is 30.3 Å². The summed E-state index contributed by atoms with van der Waals surface area (Å²) in [4.78, 5) is 12.1. The lowest BCUT2D eigenvalue weighted by molar-refractivity contribution is 0.102. The van der Waals surface area contributed by atoms with Crippen LogP contribution in [0.3, 0.4) is 0 Å². The molecule has 3 aromatic rings. The molecule has 0 aliphatic carbocycles. The molecule has 0 aliphatic heterocycles. The van der Waals surface area contributed by atoms with Gasteiger partial charge in [-0.2, -0.15) is 0 Å². The van der Waals surface area contributed by atoms with Gasteiger partial charge in [-0.15, -0.1) is 10.2 Å². The number of hydrogen-bond donors (Lipinski definition) is 2. The molecule has 1 amide bonds. The highest BCUT2D eigenvalue weighted by Crippen LogP contribution is 2.18. The van der Waals surface area contributed by atoms with Crippen molar-refractivity contribution < 1.29 is 9.18 Å². The van der Waals surface area contributed by atoms with Crippen LogP contribution in [0.2, 0.25) is 0 Å². The lowest BCUT2D eigenvalue weighted by atomic mass is 10.2. The van der Waals surface area contributed by atoms with E-state index in [1.54, 1.807) is 18.2 Å². The predicted molar refractivity (Wildman–Crippen MR) is 90.8 cm³/mol. The van der Waals surface area contributed by atoms with Crippen molar-refractivity contribution in [3.63, 3.8) is 0 Å². The SMILES string of the molecule is Cc1ccccc1Nc1ccc(C(=O)Nc2ccccc2F)nn1. The number of rotatable bonds is 4. The van der Waals surface area contributed by atoms with Crippen LogP contribution in [0.4, 0.5) is 21.6 Å². The molecule has 5 nitrogen and oxygen atoms in total. The van der Waals surface area contributed by atoms with E-state index in [-0.39, 0.29) is 11.4 Å². The summed E-state index contributed by atoms with van der Waals surface area (Å²) in [7, 11) is 0. The van der Waals surface area contributed by atoms with Crippen molar-refractivity contribution in [2.45, 2.75) is 6.92 Å². The number of halogens is 1. The Morgan fingerprint density at radius 3 is 2.29 bits per heavy atom. The molecular weight excluding hydrogens is 307 g/mol. The Bertz CT molecular complexity index is 865. The molecule has 24 heavy (non-hydrogen) atoms. The molecule has 2 N–H and O–H groups in total. The van der Waals surface area contributed by atoms with E-state index in [9.17, 15) is 9.18 Å². The molecule has 120 valence electrons. The molecular formula is C18H15FN4O. The van der Waals surface area contributed by atoms with Crippen LogP contribution < -0.4 is 10.6 Å². The van der Waals surface area contributed by atoms with Crippen molar-refractivity contribution in [3.05, 3.63) is 77.7 Å². The van der Waals surface area contributed by atoms with Crippen LogP contribution in [0.5, 0.6) is 0 Å². The number of amides is 1. The largest absolute Gasteiger partial charge is 0.339 e. The lowest BCUT2D eigenvalue weighted by Gasteiger charge is -2.08. The number of para-hydroxylation sites is 2. The smallest absolute Gasteiger partial charge is 0.276 e. The van der Waals surface area contributed by atoms with E-state index >= 15 is 0 Å². The minimum atomic E-state index is -0.518. The van der Waals surface area contributed by atoms with Crippen LogP contribution in [0.25, 0.3) is 0 Å². The first kappa shape index (κ1) is 15.6. The summed E-state index contributed by atoms with van der Waals surface area (Å²) < 4.78 is 13.5. The molecule has 1 aromatic heterocycles. The maximum absolute atomic E-state index is 13.5. The van der Waals surface area contributed by atoms with E-state index in [1.807, 2.05) is 31.2 Å². The number of nitrogens with zero attached hydrogens (tertiary/aromatic N) is 2. The Morgan fingerprint density at radius 2 is 1.62 bits per heavy atom. The summed E-state index contributed by atoms with van der Waals surface area (Å²) in [6, 6.07) is 16.9. The van der Waals surface area contributed by atoms with Crippen molar-refractivity contribution in [3.8, 4) is 0 Å². The molecule has 0 bridgehead atoms. The molecule has 0 fully saturated rings. The zero-order chi connectivity index (χ0) is 16.9. The molecule has 0 atom stereocenters. The highest BCUT2D eigenvalue weighted by molar-refractivity contribution is 6.02. The van der Waals surface area contributed by atoms with Crippen LogP contribution >= 0.6 is 0 Å². The summed E-state index contributed by atoms with van der Waals surface area (Å²) in [5.74, 6) is -0.501. The number of aryl methyl sites for hydroxylation is 1. The second-order valence-corrected chi connectivity index (χ2v) is 5.18. The van der Waals surface area contributed by atoms with E-state index in [0.29, 0.717) is 5.82 Å². The summed E-state index contributed by atoms with van der Waals surface area (Å²) in [6.45, 7) is 1.98. The van der Waals surface area contributed by atoms with Gasteiger partial charge in [0.05, 0.1) is 5.69 Å². The first-order valence-electron chi connectivity index (χ1n) is 7.36. The maximum atomic E-state index is 13.5. The zero-order valence-corrected chi connectivity index (χ0v) is 13.0. The maximum Gasteiger partial charge on any atom is 0.276 e. The Morgan fingerprint density at radius 1 is 0.917 bits per heavy atom. The molecule has 0 radical (unpaired) electrons. The average molecular weight is 322 g/mol. The molecule has 3 rings (SSSR count). The number of carbonyl (C=O) groups excluding carboxylic acids is 1. The van der Waals surface area contributed by atoms with Gasteiger partial charge in [0, 0.05) is 5.69 Å². The van der Waals surface area contributed by atoms with E-state index in [4.69, 9.17) is 0 Å². The number of hydrogen-bond acceptors (Lipinski definition) is 4. The Kier molecular flexibility index (Phi) is 4.47. The van der Waals surface area contributed by atoms with Gasteiger partial charge in [0.15, 0.2) is 11.5 Å². The van der Waals surface area contributed by atoms with Gasteiger partial charge in [0.2, 0.25) is 0 Å². The van der Waals surface area contributed by atoms with Crippen LogP contribution in [0.1, 0.15) is 16.1 Å². The third kappa shape index (κ3) is 3.55. The van der Waals surface area contributed by atoms with Crippen molar-refractivity contribution in [1.29, 1.82) is 0 Å². The van der Waals surface area contributed by atoms with Crippen LogP contribution in [-0.2, 0) is 0 Å². The highest BCUT2D eigenvalue weighted by Gasteiger charge is 2.11. The number of carbonyl (C=O) groups is 1. The van der Waals surface area contributed by atoms with Crippen molar-refractivity contribution >= 4 is 23.1 Å². The van der Waals surface area contributed by atoms with Gasteiger partial charge in [0.1, 0.15) is 5.82 Å². The highest BCUT2D eigenvalue weighted by atomic mass is 19.1. The summed E-state index contributed by atoms with van der Waals surface area (Å²) >= 11 is 0. The van der Waals surface area contributed by atoms with Crippen molar-refractivity contribution in [2.24, 2.45) is 0 Å². The van der Waals surface area contributed by atoms with Crippen molar-refractivity contribution in [2.75, 3.05) is 10.6 Å². The molecule has 0 aliphatic rings. The van der Waals surface area contributed by atoms with Gasteiger partial charge in [-0.25, -0.2) is 4.39 Å². The molecule has 0 spiro atoms. The first-order valence-corrected chi connectivity index (χ1v) is 7.36. The predicted octanol–water partition coefficient (Wildman–Crippen LogP) is 3.92. The standard InChI is InChI=1S/C18H15FN4O/c1-12-6-2-4-8-14(12)20-17-11-10-16(22-23-17)18(24)21-15-9-5-3-7-13(15)19/h2-11H,1H3,(H,20,23)(H,21,24). The zero-order valence-electron chi connectivity index (χ0n) is 13.0. The fourth-order valence-corrected chi connectivity index (χ4v) is 2.12. The second-order valence-electron chi connectivity index (χ2n) is 5.18. The van der Waals surface area contributed by atoms with Gasteiger partial charge >= 0.3 is 0 Å². The van der Waals surface area contributed by atoms with E-state index in [2.05, 4.69) is 20.8 Å².